The highest BCUT2D eigenvalue weighted by atomic mass is 32.2. The molecule has 0 aliphatic rings. The Bertz CT molecular complexity index is 955. The molecule has 0 atom stereocenters. The largest absolute Gasteiger partial charge is 0.496 e. The maximum absolute atomic E-state index is 13.4. The third kappa shape index (κ3) is 6.67. The van der Waals surface area contributed by atoms with Crippen LogP contribution in [0.25, 0.3) is 0 Å². The number of sulfonamides is 1. The summed E-state index contributed by atoms with van der Waals surface area (Å²) in [6.45, 7) is 8.30. The summed E-state index contributed by atoms with van der Waals surface area (Å²) in [7, 11) is -2.40. The van der Waals surface area contributed by atoms with Gasteiger partial charge in [0.1, 0.15) is 12.3 Å². The zero-order valence-electron chi connectivity index (χ0n) is 18.1. The first-order chi connectivity index (χ1) is 14.0. The second-order valence-electron chi connectivity index (χ2n) is 7.79. The summed E-state index contributed by atoms with van der Waals surface area (Å²) >= 11 is 1.74. The number of carbonyl (C=O) groups is 1. The fourth-order valence-electron chi connectivity index (χ4n) is 2.78. The smallest absolute Gasteiger partial charge is 0.264 e. The van der Waals surface area contributed by atoms with Crippen molar-refractivity contribution in [3.8, 4) is 5.75 Å². The van der Waals surface area contributed by atoms with Gasteiger partial charge in [-0.1, -0.05) is 39.0 Å². The molecule has 0 aliphatic heterocycles. The van der Waals surface area contributed by atoms with E-state index >= 15 is 0 Å². The first-order valence-corrected chi connectivity index (χ1v) is 12.1. The van der Waals surface area contributed by atoms with Crippen LogP contribution in [0.4, 0.5) is 5.69 Å². The minimum Gasteiger partial charge on any atom is -0.496 e. The van der Waals surface area contributed by atoms with Gasteiger partial charge >= 0.3 is 0 Å². The predicted molar refractivity (Wildman–Crippen MR) is 124 cm³/mol. The summed E-state index contributed by atoms with van der Waals surface area (Å²) in [5, 5.41) is 2.82. The van der Waals surface area contributed by atoms with Crippen molar-refractivity contribution in [1.82, 2.24) is 5.32 Å². The highest BCUT2D eigenvalue weighted by Crippen LogP contribution is 2.27. The SMILES string of the molecule is COc1ccc(S(=O)(=O)N(CC(=O)NCCSC(C)(C)C)c2ccccc2)cc1C. The van der Waals surface area contributed by atoms with Crippen molar-refractivity contribution < 1.29 is 17.9 Å². The Balaban J connectivity index is 2.23. The molecule has 0 saturated heterocycles. The van der Waals surface area contributed by atoms with Gasteiger partial charge in [-0.25, -0.2) is 8.42 Å². The second-order valence-corrected chi connectivity index (χ2v) is 11.6. The van der Waals surface area contributed by atoms with Gasteiger partial charge in [-0.3, -0.25) is 9.10 Å². The molecule has 0 heterocycles. The second kappa shape index (κ2) is 10.2. The molecule has 0 fully saturated rings. The van der Waals surface area contributed by atoms with E-state index in [9.17, 15) is 13.2 Å². The number of aryl methyl sites for hydroxylation is 1. The van der Waals surface area contributed by atoms with Crippen LogP contribution in [-0.4, -0.2) is 45.0 Å². The van der Waals surface area contributed by atoms with Gasteiger partial charge in [0.15, 0.2) is 0 Å². The number of nitrogens with zero attached hydrogens (tertiary/aromatic N) is 1. The molecule has 30 heavy (non-hydrogen) atoms. The molecule has 8 heteroatoms. The van der Waals surface area contributed by atoms with E-state index in [2.05, 4.69) is 26.1 Å². The molecule has 2 rings (SSSR count). The molecule has 0 saturated carbocycles. The van der Waals surface area contributed by atoms with E-state index in [-0.39, 0.29) is 22.1 Å². The summed E-state index contributed by atoms with van der Waals surface area (Å²) in [5.74, 6) is 1.02. The van der Waals surface area contributed by atoms with E-state index in [0.717, 1.165) is 10.1 Å². The van der Waals surface area contributed by atoms with Crippen LogP contribution < -0.4 is 14.4 Å². The van der Waals surface area contributed by atoms with Crippen LogP contribution in [-0.2, 0) is 14.8 Å². The van der Waals surface area contributed by atoms with Crippen LogP contribution in [0.5, 0.6) is 5.75 Å². The molecule has 0 aliphatic carbocycles. The van der Waals surface area contributed by atoms with Gasteiger partial charge in [0.2, 0.25) is 5.91 Å². The van der Waals surface area contributed by atoms with Crippen LogP contribution >= 0.6 is 11.8 Å². The molecule has 0 unspecified atom stereocenters. The van der Waals surface area contributed by atoms with Gasteiger partial charge in [-0.2, -0.15) is 11.8 Å². The lowest BCUT2D eigenvalue weighted by Gasteiger charge is -2.24. The maximum Gasteiger partial charge on any atom is 0.264 e. The van der Waals surface area contributed by atoms with Crippen molar-refractivity contribution in [3.63, 3.8) is 0 Å². The summed E-state index contributed by atoms with van der Waals surface area (Å²) in [5.41, 5.74) is 1.14. The molecule has 2 aromatic carbocycles. The number of ether oxygens (including phenoxy) is 1. The number of methoxy groups -OCH3 is 1. The number of hydrogen-bond donors (Lipinski definition) is 1. The van der Waals surface area contributed by atoms with E-state index < -0.39 is 10.0 Å². The van der Waals surface area contributed by atoms with Crippen LogP contribution in [0, 0.1) is 6.92 Å². The monoisotopic (exact) mass is 450 g/mol. The fourth-order valence-corrected chi connectivity index (χ4v) is 5.11. The Morgan fingerprint density at radius 1 is 1.13 bits per heavy atom. The standard InChI is InChI=1S/C22H30N2O4S2/c1-17-15-19(11-12-20(17)28-5)30(26,27)24(18-9-7-6-8-10-18)16-21(25)23-13-14-29-22(2,3)4/h6-12,15H,13-14,16H2,1-5H3,(H,23,25). The molecule has 2 aromatic rings. The van der Waals surface area contributed by atoms with E-state index in [1.54, 1.807) is 61.2 Å². The number of hydrogen-bond acceptors (Lipinski definition) is 5. The Morgan fingerprint density at radius 2 is 1.80 bits per heavy atom. The van der Waals surface area contributed by atoms with E-state index in [1.807, 2.05) is 0 Å². The first-order valence-electron chi connectivity index (χ1n) is 9.67. The minimum atomic E-state index is -3.94. The molecule has 1 amide bonds. The summed E-state index contributed by atoms with van der Waals surface area (Å²) < 4.78 is 33.2. The normalized spacial score (nSPS) is 11.8. The lowest BCUT2D eigenvalue weighted by atomic mass is 10.2. The molecule has 0 aromatic heterocycles. The number of anilines is 1. The van der Waals surface area contributed by atoms with Crippen LogP contribution in [0.3, 0.4) is 0 Å². The topological polar surface area (TPSA) is 75.7 Å². The highest BCUT2D eigenvalue weighted by Gasteiger charge is 2.27. The number of para-hydroxylation sites is 1. The highest BCUT2D eigenvalue weighted by molar-refractivity contribution is 8.00. The maximum atomic E-state index is 13.4. The quantitative estimate of drug-likeness (QED) is 0.588. The number of thioether (sulfide) groups is 1. The van der Waals surface area contributed by atoms with E-state index in [4.69, 9.17) is 4.74 Å². The number of carbonyl (C=O) groups excluding carboxylic acids is 1. The average molecular weight is 451 g/mol. The van der Waals surface area contributed by atoms with E-state index in [0.29, 0.717) is 23.5 Å². The van der Waals surface area contributed by atoms with Gasteiger partial charge in [0.25, 0.3) is 10.0 Å². The van der Waals surface area contributed by atoms with Gasteiger partial charge in [-0.15, -0.1) is 0 Å². The number of rotatable bonds is 9. The minimum absolute atomic E-state index is 0.108. The van der Waals surface area contributed by atoms with Crippen molar-refractivity contribution in [2.45, 2.75) is 37.3 Å². The molecule has 0 spiro atoms. The Labute approximate surface area is 184 Å². The molecule has 1 N–H and O–H groups in total. The molecule has 0 bridgehead atoms. The van der Waals surface area contributed by atoms with Crippen molar-refractivity contribution in [1.29, 1.82) is 0 Å². The van der Waals surface area contributed by atoms with Crippen LogP contribution in [0.15, 0.2) is 53.4 Å². The summed E-state index contributed by atoms with van der Waals surface area (Å²) in [6.07, 6.45) is 0. The lowest BCUT2D eigenvalue weighted by molar-refractivity contribution is -0.119. The predicted octanol–water partition coefficient (Wildman–Crippen LogP) is 3.85. The zero-order valence-corrected chi connectivity index (χ0v) is 19.8. The number of amides is 1. The lowest BCUT2D eigenvalue weighted by Crippen LogP contribution is -2.41. The number of nitrogens with one attached hydrogen (secondary N) is 1. The molecule has 6 nitrogen and oxygen atoms in total. The van der Waals surface area contributed by atoms with E-state index in [1.165, 1.54) is 13.2 Å². The third-order valence-corrected chi connectivity index (χ3v) is 7.29. The van der Waals surface area contributed by atoms with Crippen LogP contribution in [0.2, 0.25) is 0 Å². The van der Waals surface area contributed by atoms with Crippen LogP contribution in [0.1, 0.15) is 26.3 Å². The Hall–Kier alpha value is -2.19. The average Bonchev–Trinajstić information content (AvgIpc) is 2.69. The van der Waals surface area contributed by atoms with Gasteiger partial charge < -0.3 is 10.1 Å². The van der Waals surface area contributed by atoms with Crippen molar-refractivity contribution in [2.24, 2.45) is 0 Å². The Kier molecular flexibility index (Phi) is 8.20. The molecular weight excluding hydrogens is 420 g/mol. The van der Waals surface area contributed by atoms with Crippen molar-refractivity contribution in [3.05, 3.63) is 54.1 Å². The van der Waals surface area contributed by atoms with Gasteiger partial charge in [0, 0.05) is 17.0 Å². The third-order valence-electron chi connectivity index (χ3n) is 4.25. The van der Waals surface area contributed by atoms with Gasteiger partial charge in [-0.05, 0) is 42.8 Å². The Morgan fingerprint density at radius 3 is 2.37 bits per heavy atom. The molecule has 164 valence electrons. The summed E-state index contributed by atoms with van der Waals surface area (Å²) in [4.78, 5) is 12.7. The molecule has 0 radical (unpaired) electrons. The molecular formula is C22H30N2O4S2. The first kappa shape index (κ1) is 24.1. The van der Waals surface area contributed by atoms with Crippen molar-refractivity contribution >= 4 is 33.4 Å². The zero-order chi connectivity index (χ0) is 22.4. The fraction of sp³-hybridized carbons (Fsp3) is 0.409. The number of benzene rings is 2. The van der Waals surface area contributed by atoms with Gasteiger partial charge in [0.05, 0.1) is 17.7 Å². The van der Waals surface area contributed by atoms with Crippen molar-refractivity contribution in [2.75, 3.05) is 30.3 Å². The summed E-state index contributed by atoms with van der Waals surface area (Å²) in [6, 6.07) is 13.3.